The molecule has 0 bridgehead atoms. The van der Waals surface area contributed by atoms with E-state index in [1.807, 2.05) is 30.3 Å². The Hall–Kier alpha value is -1.76. The van der Waals surface area contributed by atoms with Crippen LogP contribution in [0.2, 0.25) is 0 Å². The second kappa shape index (κ2) is 5.53. The molecule has 0 amide bonds. The standard InChI is InChI=1S/C16H18O/c1-3-13-10-14(4-2)12-16(11-13)17-15-8-6-5-7-9-15/h5-12H,3-4H2,1-2H3. The molecule has 0 radical (unpaired) electrons. The van der Waals surface area contributed by atoms with Crippen molar-refractivity contribution >= 4 is 0 Å². The summed E-state index contributed by atoms with van der Waals surface area (Å²) in [4.78, 5) is 0. The highest BCUT2D eigenvalue weighted by atomic mass is 16.5. The Bertz CT molecular complexity index is 452. The lowest BCUT2D eigenvalue weighted by Gasteiger charge is -2.09. The quantitative estimate of drug-likeness (QED) is 0.740. The fourth-order valence-electron chi connectivity index (χ4n) is 1.82. The van der Waals surface area contributed by atoms with E-state index < -0.39 is 0 Å². The predicted molar refractivity (Wildman–Crippen MR) is 71.7 cm³/mol. The summed E-state index contributed by atoms with van der Waals surface area (Å²) >= 11 is 0. The topological polar surface area (TPSA) is 9.23 Å². The average Bonchev–Trinajstić information content (AvgIpc) is 2.39. The second-order valence-electron chi connectivity index (χ2n) is 4.11. The Kier molecular flexibility index (Phi) is 3.81. The van der Waals surface area contributed by atoms with Gasteiger partial charge in [0.2, 0.25) is 0 Å². The monoisotopic (exact) mass is 226 g/mol. The molecule has 0 aliphatic rings. The van der Waals surface area contributed by atoms with Gasteiger partial charge in [0.15, 0.2) is 0 Å². The summed E-state index contributed by atoms with van der Waals surface area (Å²) in [7, 11) is 0. The SMILES string of the molecule is CCc1cc(CC)cc(Oc2ccccc2)c1. The van der Waals surface area contributed by atoms with Crippen molar-refractivity contribution in [2.45, 2.75) is 26.7 Å². The fraction of sp³-hybridized carbons (Fsp3) is 0.250. The molecule has 0 saturated heterocycles. The number of hydrogen-bond donors (Lipinski definition) is 0. The molecule has 0 heterocycles. The number of aryl methyl sites for hydroxylation is 2. The zero-order valence-corrected chi connectivity index (χ0v) is 10.4. The number of ether oxygens (including phenoxy) is 1. The lowest BCUT2D eigenvalue weighted by Crippen LogP contribution is -1.90. The largest absolute Gasteiger partial charge is 0.457 e. The van der Waals surface area contributed by atoms with E-state index in [9.17, 15) is 0 Å². The van der Waals surface area contributed by atoms with Crippen LogP contribution in [-0.4, -0.2) is 0 Å². The van der Waals surface area contributed by atoms with Crippen molar-refractivity contribution in [1.82, 2.24) is 0 Å². The lowest BCUT2D eigenvalue weighted by molar-refractivity contribution is 0.481. The van der Waals surface area contributed by atoms with E-state index >= 15 is 0 Å². The molecule has 0 aliphatic heterocycles. The van der Waals surface area contributed by atoms with Gasteiger partial charge < -0.3 is 4.74 Å². The fourth-order valence-corrected chi connectivity index (χ4v) is 1.82. The molecule has 0 N–H and O–H groups in total. The first-order valence-electron chi connectivity index (χ1n) is 6.17. The van der Waals surface area contributed by atoms with Gasteiger partial charge in [-0.2, -0.15) is 0 Å². The van der Waals surface area contributed by atoms with E-state index in [0.717, 1.165) is 24.3 Å². The van der Waals surface area contributed by atoms with Crippen molar-refractivity contribution in [3.05, 3.63) is 59.7 Å². The minimum Gasteiger partial charge on any atom is -0.457 e. The number of benzene rings is 2. The third-order valence-corrected chi connectivity index (χ3v) is 2.82. The molecule has 0 aliphatic carbocycles. The van der Waals surface area contributed by atoms with E-state index in [1.165, 1.54) is 11.1 Å². The molecule has 0 unspecified atom stereocenters. The highest BCUT2D eigenvalue weighted by Crippen LogP contribution is 2.24. The van der Waals surface area contributed by atoms with Gasteiger partial charge in [-0.3, -0.25) is 0 Å². The molecule has 0 saturated carbocycles. The van der Waals surface area contributed by atoms with Gasteiger partial charge in [-0.25, -0.2) is 0 Å². The van der Waals surface area contributed by atoms with Crippen molar-refractivity contribution < 1.29 is 4.74 Å². The van der Waals surface area contributed by atoms with Gasteiger partial charge >= 0.3 is 0 Å². The van der Waals surface area contributed by atoms with Crippen LogP contribution in [0.25, 0.3) is 0 Å². The Labute approximate surface area is 103 Å². The Morgan fingerprint density at radius 2 is 1.35 bits per heavy atom. The lowest BCUT2D eigenvalue weighted by atomic mass is 10.1. The third-order valence-electron chi connectivity index (χ3n) is 2.82. The van der Waals surface area contributed by atoms with E-state index in [-0.39, 0.29) is 0 Å². The van der Waals surface area contributed by atoms with Crippen molar-refractivity contribution in [2.75, 3.05) is 0 Å². The molecule has 0 aromatic heterocycles. The van der Waals surface area contributed by atoms with E-state index in [0.29, 0.717) is 0 Å². The Morgan fingerprint density at radius 1 is 0.765 bits per heavy atom. The zero-order valence-electron chi connectivity index (χ0n) is 10.4. The molecule has 0 spiro atoms. The zero-order chi connectivity index (χ0) is 12.1. The molecule has 88 valence electrons. The smallest absolute Gasteiger partial charge is 0.127 e. The molecule has 0 fully saturated rings. The summed E-state index contributed by atoms with van der Waals surface area (Å²) in [6.07, 6.45) is 2.08. The van der Waals surface area contributed by atoms with Crippen LogP contribution >= 0.6 is 0 Å². The molecule has 0 atom stereocenters. The van der Waals surface area contributed by atoms with Gasteiger partial charge in [0, 0.05) is 0 Å². The van der Waals surface area contributed by atoms with Crippen molar-refractivity contribution in [3.8, 4) is 11.5 Å². The Morgan fingerprint density at radius 3 is 1.88 bits per heavy atom. The first-order chi connectivity index (χ1) is 8.31. The maximum atomic E-state index is 5.86. The molecular formula is C16H18O. The van der Waals surface area contributed by atoms with Crippen molar-refractivity contribution in [2.24, 2.45) is 0 Å². The van der Waals surface area contributed by atoms with Crippen LogP contribution in [0.1, 0.15) is 25.0 Å². The first-order valence-corrected chi connectivity index (χ1v) is 6.17. The van der Waals surface area contributed by atoms with Crippen LogP contribution < -0.4 is 4.74 Å². The summed E-state index contributed by atoms with van der Waals surface area (Å²) in [5.74, 6) is 1.83. The summed E-state index contributed by atoms with van der Waals surface area (Å²) < 4.78 is 5.86. The number of rotatable bonds is 4. The van der Waals surface area contributed by atoms with Crippen LogP contribution in [0, 0.1) is 0 Å². The van der Waals surface area contributed by atoms with Crippen molar-refractivity contribution in [3.63, 3.8) is 0 Å². The molecule has 2 aromatic rings. The van der Waals surface area contributed by atoms with Gasteiger partial charge in [0.1, 0.15) is 11.5 Å². The highest BCUT2D eigenvalue weighted by molar-refractivity contribution is 5.37. The normalized spacial score (nSPS) is 10.2. The minimum absolute atomic E-state index is 0.891. The van der Waals surface area contributed by atoms with Crippen LogP contribution in [-0.2, 0) is 12.8 Å². The van der Waals surface area contributed by atoms with Gasteiger partial charge in [0.05, 0.1) is 0 Å². The second-order valence-corrected chi connectivity index (χ2v) is 4.11. The van der Waals surface area contributed by atoms with Crippen LogP contribution in [0.5, 0.6) is 11.5 Å². The maximum absolute atomic E-state index is 5.86. The molecule has 17 heavy (non-hydrogen) atoms. The van der Waals surface area contributed by atoms with Gasteiger partial charge in [-0.1, -0.05) is 38.1 Å². The van der Waals surface area contributed by atoms with Gasteiger partial charge in [-0.05, 0) is 48.2 Å². The summed E-state index contributed by atoms with van der Waals surface area (Å²) in [5.41, 5.74) is 2.66. The van der Waals surface area contributed by atoms with Gasteiger partial charge in [-0.15, -0.1) is 0 Å². The summed E-state index contributed by atoms with van der Waals surface area (Å²) in [6.45, 7) is 4.34. The van der Waals surface area contributed by atoms with E-state index in [4.69, 9.17) is 4.74 Å². The molecule has 1 nitrogen and oxygen atoms in total. The molecular weight excluding hydrogens is 208 g/mol. The average molecular weight is 226 g/mol. The first kappa shape index (κ1) is 11.7. The molecule has 2 rings (SSSR count). The number of para-hydroxylation sites is 1. The summed E-state index contributed by atoms with van der Waals surface area (Å²) in [6, 6.07) is 16.4. The van der Waals surface area contributed by atoms with E-state index in [1.54, 1.807) is 0 Å². The molecule has 1 heteroatoms. The predicted octanol–water partition coefficient (Wildman–Crippen LogP) is 4.60. The minimum atomic E-state index is 0.891. The highest BCUT2D eigenvalue weighted by Gasteiger charge is 2.01. The van der Waals surface area contributed by atoms with Crippen LogP contribution in [0.15, 0.2) is 48.5 Å². The van der Waals surface area contributed by atoms with Crippen molar-refractivity contribution in [1.29, 1.82) is 0 Å². The molecule has 2 aromatic carbocycles. The number of hydrogen-bond acceptors (Lipinski definition) is 1. The summed E-state index contributed by atoms with van der Waals surface area (Å²) in [5, 5.41) is 0. The van der Waals surface area contributed by atoms with Gasteiger partial charge in [0.25, 0.3) is 0 Å². The van der Waals surface area contributed by atoms with Crippen LogP contribution in [0.4, 0.5) is 0 Å². The Balaban J connectivity index is 2.26. The van der Waals surface area contributed by atoms with E-state index in [2.05, 4.69) is 32.0 Å². The third kappa shape index (κ3) is 3.10. The van der Waals surface area contributed by atoms with Crippen LogP contribution in [0.3, 0.4) is 0 Å². The maximum Gasteiger partial charge on any atom is 0.127 e.